The van der Waals surface area contributed by atoms with Gasteiger partial charge in [-0.15, -0.1) is 5.10 Å². The fourth-order valence-corrected chi connectivity index (χ4v) is 0.0527. The highest BCUT2D eigenvalue weighted by Crippen LogP contribution is 1.67. The summed E-state index contributed by atoms with van der Waals surface area (Å²) in [5.74, 6) is 5.24. The molecule has 0 spiro atoms. The fourth-order valence-electron chi connectivity index (χ4n) is 0.0527. The molecule has 3 nitrogen and oxygen atoms in total. The first kappa shape index (κ1) is 5.27. The monoisotopic (exact) mass is 88.1 g/mol. The first-order chi connectivity index (χ1) is 2.81. The van der Waals surface area contributed by atoms with Crippen LogP contribution in [-0.2, 0) is 4.74 Å². The van der Waals surface area contributed by atoms with Gasteiger partial charge in [-0.2, -0.15) is 0 Å². The number of nitrogens with zero attached hydrogens (tertiary/aromatic N) is 1. The summed E-state index contributed by atoms with van der Waals surface area (Å²) in [5, 5.41) is 3.20. The fraction of sp³-hybridized carbons (Fsp3) is 0.667. The lowest BCUT2D eigenvalue weighted by atomic mass is 10.8. The Morgan fingerprint density at radius 3 is 2.33 bits per heavy atom. The molecule has 2 N–H and O–H groups in total. The molecule has 0 aromatic carbocycles. The van der Waals surface area contributed by atoms with Crippen LogP contribution in [0, 0.1) is 0 Å². The van der Waals surface area contributed by atoms with Crippen molar-refractivity contribution in [2.45, 2.75) is 6.92 Å². The van der Waals surface area contributed by atoms with Crippen molar-refractivity contribution in [1.82, 2.24) is 0 Å². The van der Waals surface area contributed by atoms with Gasteiger partial charge in [0.25, 0.3) is 0 Å². The average Bonchev–Trinajstić information content (AvgIpc) is 1.65. The Balaban J connectivity index is 3.22. The lowest BCUT2D eigenvalue weighted by Crippen LogP contribution is -1.96. The first-order valence-corrected chi connectivity index (χ1v) is 1.59. The predicted octanol–water partition coefficient (Wildman–Crippen LogP) is -0.0751. The van der Waals surface area contributed by atoms with Crippen LogP contribution in [0.5, 0.6) is 0 Å². The maximum atomic E-state index is 4.75. The zero-order chi connectivity index (χ0) is 4.99. The van der Waals surface area contributed by atoms with Crippen molar-refractivity contribution in [1.29, 1.82) is 0 Å². The van der Waals surface area contributed by atoms with E-state index < -0.39 is 0 Å². The summed E-state index contributed by atoms with van der Waals surface area (Å²) in [6, 6.07) is 0. The second kappa shape index (κ2) is 2.50. The predicted molar refractivity (Wildman–Crippen MR) is 24.3 cm³/mol. The molecule has 0 radical (unpaired) electrons. The van der Waals surface area contributed by atoms with Crippen molar-refractivity contribution in [3.8, 4) is 0 Å². The van der Waals surface area contributed by atoms with E-state index in [0.29, 0.717) is 5.90 Å². The highest BCUT2D eigenvalue weighted by molar-refractivity contribution is 5.72. The summed E-state index contributed by atoms with van der Waals surface area (Å²) in [6.07, 6.45) is 0. The topological polar surface area (TPSA) is 47.6 Å². The molecule has 0 rings (SSSR count). The SMILES string of the molecule is CO/C(C)=N\N. The molecule has 3 heteroatoms. The molecule has 0 bridgehead atoms. The van der Waals surface area contributed by atoms with E-state index in [4.69, 9.17) is 5.84 Å². The lowest BCUT2D eigenvalue weighted by Gasteiger charge is -1.89. The summed E-state index contributed by atoms with van der Waals surface area (Å²) >= 11 is 0. The van der Waals surface area contributed by atoms with E-state index >= 15 is 0 Å². The summed E-state index contributed by atoms with van der Waals surface area (Å²) in [5.41, 5.74) is 0. The van der Waals surface area contributed by atoms with Gasteiger partial charge in [0.1, 0.15) is 0 Å². The van der Waals surface area contributed by atoms with Gasteiger partial charge in [-0.05, 0) is 0 Å². The van der Waals surface area contributed by atoms with E-state index in [1.165, 1.54) is 7.11 Å². The van der Waals surface area contributed by atoms with Gasteiger partial charge >= 0.3 is 0 Å². The molecule has 0 amide bonds. The van der Waals surface area contributed by atoms with E-state index in [-0.39, 0.29) is 0 Å². The number of rotatable bonds is 0. The largest absolute Gasteiger partial charge is 0.483 e. The van der Waals surface area contributed by atoms with Crippen LogP contribution in [0.4, 0.5) is 0 Å². The van der Waals surface area contributed by atoms with Gasteiger partial charge in [-0.25, -0.2) is 0 Å². The quantitative estimate of drug-likeness (QED) is 0.195. The molecular formula is C3H8N2O. The third kappa shape index (κ3) is 1.58. The first-order valence-electron chi connectivity index (χ1n) is 1.59. The van der Waals surface area contributed by atoms with E-state index in [0.717, 1.165) is 0 Å². The van der Waals surface area contributed by atoms with Gasteiger partial charge < -0.3 is 10.6 Å². The van der Waals surface area contributed by atoms with E-state index in [1.54, 1.807) is 6.92 Å². The molecular weight excluding hydrogens is 80.0 g/mol. The summed E-state index contributed by atoms with van der Waals surface area (Å²) < 4.78 is 4.52. The lowest BCUT2D eigenvalue weighted by molar-refractivity contribution is 0.398. The Kier molecular flexibility index (Phi) is 2.20. The van der Waals surface area contributed by atoms with Crippen LogP contribution >= 0.6 is 0 Å². The number of hydrogen-bond donors (Lipinski definition) is 1. The Bertz CT molecular complexity index is 59.8. The molecule has 0 saturated heterocycles. The van der Waals surface area contributed by atoms with Gasteiger partial charge in [0.05, 0.1) is 7.11 Å². The van der Waals surface area contributed by atoms with Crippen LogP contribution in [0.2, 0.25) is 0 Å². The molecule has 0 aliphatic rings. The molecule has 36 valence electrons. The molecule has 0 aliphatic carbocycles. The second-order valence-electron chi connectivity index (χ2n) is 0.852. The van der Waals surface area contributed by atoms with Gasteiger partial charge in [0.2, 0.25) is 5.90 Å². The van der Waals surface area contributed by atoms with Crippen LogP contribution in [-0.4, -0.2) is 13.0 Å². The highest BCUT2D eigenvalue weighted by Gasteiger charge is 1.75. The van der Waals surface area contributed by atoms with Crippen molar-refractivity contribution >= 4 is 5.90 Å². The smallest absolute Gasteiger partial charge is 0.202 e. The van der Waals surface area contributed by atoms with Crippen molar-refractivity contribution in [3.05, 3.63) is 0 Å². The molecule has 0 heterocycles. The second-order valence-corrected chi connectivity index (χ2v) is 0.852. The Hall–Kier alpha value is -0.730. The summed E-state index contributed by atoms with van der Waals surface area (Å²) in [6.45, 7) is 1.68. The molecule has 0 atom stereocenters. The van der Waals surface area contributed by atoms with Crippen LogP contribution in [0.15, 0.2) is 5.10 Å². The van der Waals surface area contributed by atoms with Gasteiger partial charge in [-0.1, -0.05) is 0 Å². The molecule has 6 heavy (non-hydrogen) atoms. The zero-order valence-electron chi connectivity index (χ0n) is 3.93. The number of hydrogen-bond acceptors (Lipinski definition) is 3. The van der Waals surface area contributed by atoms with Crippen molar-refractivity contribution in [2.24, 2.45) is 10.9 Å². The molecule has 0 fully saturated rings. The molecule has 0 aromatic heterocycles. The molecule has 0 unspecified atom stereocenters. The van der Waals surface area contributed by atoms with E-state index in [2.05, 4.69) is 9.84 Å². The van der Waals surface area contributed by atoms with E-state index in [9.17, 15) is 0 Å². The Labute approximate surface area is 36.8 Å². The van der Waals surface area contributed by atoms with Crippen molar-refractivity contribution in [3.63, 3.8) is 0 Å². The highest BCUT2D eigenvalue weighted by atomic mass is 16.5. The average molecular weight is 88.1 g/mol. The van der Waals surface area contributed by atoms with Crippen molar-refractivity contribution < 1.29 is 4.74 Å². The van der Waals surface area contributed by atoms with Gasteiger partial charge in [-0.3, -0.25) is 0 Å². The van der Waals surface area contributed by atoms with E-state index in [1.807, 2.05) is 0 Å². The molecule has 0 aromatic rings. The normalized spacial score (nSPS) is 11.3. The van der Waals surface area contributed by atoms with Gasteiger partial charge in [0, 0.05) is 6.92 Å². The van der Waals surface area contributed by atoms with Crippen LogP contribution in [0.25, 0.3) is 0 Å². The minimum Gasteiger partial charge on any atom is -0.483 e. The van der Waals surface area contributed by atoms with Crippen LogP contribution in [0.3, 0.4) is 0 Å². The van der Waals surface area contributed by atoms with Crippen LogP contribution < -0.4 is 5.84 Å². The molecule has 0 saturated carbocycles. The van der Waals surface area contributed by atoms with Gasteiger partial charge in [0.15, 0.2) is 0 Å². The van der Waals surface area contributed by atoms with Crippen molar-refractivity contribution in [2.75, 3.05) is 7.11 Å². The third-order valence-electron chi connectivity index (χ3n) is 0.477. The maximum absolute atomic E-state index is 4.75. The number of ether oxygens (including phenoxy) is 1. The standard InChI is InChI=1S/C3H8N2O/c1-3(5-4)6-2/h4H2,1-2H3/b5-3-. The number of methoxy groups -OCH3 is 1. The minimum absolute atomic E-state index is 0.495. The summed E-state index contributed by atoms with van der Waals surface area (Å²) in [7, 11) is 1.52. The third-order valence-corrected chi connectivity index (χ3v) is 0.477. The summed E-state index contributed by atoms with van der Waals surface area (Å²) in [4.78, 5) is 0. The Morgan fingerprint density at radius 1 is 1.83 bits per heavy atom. The molecule has 0 aliphatic heterocycles. The number of nitrogens with two attached hydrogens (primary N) is 1. The number of hydrazone groups is 1. The maximum Gasteiger partial charge on any atom is 0.202 e. The minimum atomic E-state index is 0.495. The Morgan fingerprint density at radius 2 is 2.33 bits per heavy atom. The zero-order valence-corrected chi connectivity index (χ0v) is 3.93. The van der Waals surface area contributed by atoms with Crippen LogP contribution in [0.1, 0.15) is 6.92 Å².